The van der Waals surface area contributed by atoms with Crippen LogP contribution in [0.2, 0.25) is 5.02 Å². The van der Waals surface area contributed by atoms with Gasteiger partial charge in [-0.2, -0.15) is 0 Å². The molecule has 2 amide bonds. The molecule has 1 aromatic heterocycles. The van der Waals surface area contributed by atoms with Crippen molar-refractivity contribution in [3.05, 3.63) is 65.2 Å². The summed E-state index contributed by atoms with van der Waals surface area (Å²) in [7, 11) is -3.11. The molecular weight excluding hydrogens is 474 g/mol. The van der Waals surface area contributed by atoms with Crippen LogP contribution < -0.4 is 0 Å². The maximum atomic E-state index is 13.6. The number of benzene rings is 2. The van der Waals surface area contributed by atoms with E-state index in [0.29, 0.717) is 48.9 Å². The van der Waals surface area contributed by atoms with E-state index in [1.807, 2.05) is 42.5 Å². The van der Waals surface area contributed by atoms with Gasteiger partial charge in [-0.15, -0.1) is 0 Å². The largest absolute Gasteiger partial charge is 0.339 e. The van der Waals surface area contributed by atoms with Crippen molar-refractivity contribution in [2.45, 2.75) is 6.42 Å². The number of pyridine rings is 1. The summed E-state index contributed by atoms with van der Waals surface area (Å²) in [5.74, 6) is -0.677. The van der Waals surface area contributed by atoms with Gasteiger partial charge in [-0.1, -0.05) is 41.9 Å². The predicted octanol–water partition coefficient (Wildman–Crippen LogP) is 3.27. The van der Waals surface area contributed by atoms with Gasteiger partial charge < -0.3 is 9.80 Å². The molecule has 0 saturated carbocycles. The lowest BCUT2D eigenvalue weighted by molar-refractivity contribution is -0.136. The minimum atomic E-state index is -3.11. The molecular formula is C25H24ClN3O4S. The third-order valence-corrected chi connectivity index (χ3v) is 8.57. The van der Waals surface area contributed by atoms with E-state index in [-0.39, 0.29) is 23.3 Å². The molecule has 0 N–H and O–H groups in total. The number of amides is 2. The molecule has 5 rings (SSSR count). The summed E-state index contributed by atoms with van der Waals surface area (Å²) >= 11 is 6.03. The summed E-state index contributed by atoms with van der Waals surface area (Å²) in [4.78, 5) is 34.5. The molecule has 176 valence electrons. The average molecular weight is 498 g/mol. The van der Waals surface area contributed by atoms with Crippen LogP contribution in [0.5, 0.6) is 0 Å². The van der Waals surface area contributed by atoms with Crippen LogP contribution in [0.15, 0.2) is 54.6 Å². The fourth-order valence-corrected chi connectivity index (χ4v) is 6.53. The van der Waals surface area contributed by atoms with Crippen molar-refractivity contribution in [3.63, 3.8) is 0 Å². The Kier molecular flexibility index (Phi) is 6.04. The number of aromatic nitrogens is 1. The molecule has 2 aliphatic heterocycles. The normalized spacial score (nSPS) is 20.0. The van der Waals surface area contributed by atoms with Crippen LogP contribution in [0.3, 0.4) is 0 Å². The topological polar surface area (TPSA) is 87.7 Å². The zero-order valence-electron chi connectivity index (χ0n) is 18.5. The first-order valence-electron chi connectivity index (χ1n) is 11.2. The Morgan fingerprint density at radius 3 is 2.29 bits per heavy atom. The Morgan fingerprint density at radius 1 is 0.941 bits per heavy atom. The molecule has 3 aromatic rings. The number of nitrogens with zero attached hydrogens (tertiary/aromatic N) is 3. The summed E-state index contributed by atoms with van der Waals surface area (Å²) in [6.45, 7) is 1.59. The second-order valence-corrected chi connectivity index (χ2v) is 11.5. The number of para-hydroxylation sites is 1. The summed E-state index contributed by atoms with van der Waals surface area (Å²) < 4.78 is 23.5. The van der Waals surface area contributed by atoms with Gasteiger partial charge in [0.2, 0.25) is 5.91 Å². The van der Waals surface area contributed by atoms with E-state index >= 15 is 0 Å². The molecule has 0 aliphatic carbocycles. The lowest BCUT2D eigenvalue weighted by atomic mass is 10.0. The highest BCUT2D eigenvalue weighted by atomic mass is 35.5. The van der Waals surface area contributed by atoms with E-state index in [1.165, 1.54) is 0 Å². The van der Waals surface area contributed by atoms with Gasteiger partial charge in [-0.05, 0) is 30.7 Å². The van der Waals surface area contributed by atoms with Gasteiger partial charge in [-0.25, -0.2) is 13.4 Å². The Morgan fingerprint density at radius 2 is 1.62 bits per heavy atom. The zero-order chi connectivity index (χ0) is 23.9. The van der Waals surface area contributed by atoms with Gasteiger partial charge in [0.05, 0.1) is 34.2 Å². The monoisotopic (exact) mass is 497 g/mol. The van der Waals surface area contributed by atoms with Crippen molar-refractivity contribution in [2.75, 3.05) is 37.7 Å². The number of hydrogen-bond acceptors (Lipinski definition) is 5. The van der Waals surface area contributed by atoms with E-state index in [1.54, 1.807) is 21.9 Å². The van der Waals surface area contributed by atoms with Crippen molar-refractivity contribution < 1.29 is 18.0 Å². The van der Waals surface area contributed by atoms with E-state index < -0.39 is 15.8 Å². The number of sulfone groups is 1. The van der Waals surface area contributed by atoms with Crippen LogP contribution in [0.1, 0.15) is 16.8 Å². The maximum absolute atomic E-state index is 13.6. The van der Waals surface area contributed by atoms with Gasteiger partial charge in [0.1, 0.15) is 0 Å². The second kappa shape index (κ2) is 9.00. The van der Waals surface area contributed by atoms with E-state index in [9.17, 15) is 18.0 Å². The quantitative estimate of drug-likeness (QED) is 0.554. The molecule has 34 heavy (non-hydrogen) atoms. The molecule has 0 radical (unpaired) electrons. The Hall–Kier alpha value is -2.97. The number of fused-ring (bicyclic) bond motifs is 1. The Balaban J connectivity index is 1.36. The standard InChI is InChI=1S/C25H24ClN3O4S/c26-19-7-5-17(6-8-19)23-15-21(20-3-1-2-4-22(20)27-23)25(31)29-12-10-28(11-13-29)24(30)18-9-14-34(32,33)16-18/h1-8,15,18H,9-14,16H2/t18-/m1/s1. The molecule has 2 saturated heterocycles. The second-order valence-electron chi connectivity index (χ2n) is 8.80. The molecule has 1 atom stereocenters. The van der Waals surface area contributed by atoms with Crippen LogP contribution in [-0.4, -0.2) is 72.7 Å². The fourth-order valence-electron chi connectivity index (χ4n) is 4.67. The molecule has 2 aromatic carbocycles. The van der Waals surface area contributed by atoms with Crippen LogP contribution in [0.4, 0.5) is 0 Å². The summed E-state index contributed by atoms with van der Waals surface area (Å²) in [5, 5.41) is 1.41. The highest BCUT2D eigenvalue weighted by Crippen LogP contribution is 2.27. The molecule has 7 nitrogen and oxygen atoms in total. The van der Waals surface area contributed by atoms with Crippen molar-refractivity contribution in [2.24, 2.45) is 5.92 Å². The zero-order valence-corrected chi connectivity index (χ0v) is 20.1. The Bertz CT molecular complexity index is 1370. The summed E-state index contributed by atoms with van der Waals surface area (Å²) in [6, 6.07) is 16.7. The highest BCUT2D eigenvalue weighted by molar-refractivity contribution is 7.91. The molecule has 3 heterocycles. The van der Waals surface area contributed by atoms with Crippen molar-refractivity contribution in [3.8, 4) is 11.3 Å². The van der Waals surface area contributed by atoms with Crippen molar-refractivity contribution in [1.82, 2.24) is 14.8 Å². The van der Waals surface area contributed by atoms with Gasteiger partial charge in [-0.3, -0.25) is 9.59 Å². The molecule has 2 aliphatic rings. The van der Waals surface area contributed by atoms with Gasteiger partial charge in [0.25, 0.3) is 5.91 Å². The summed E-state index contributed by atoms with van der Waals surface area (Å²) in [5.41, 5.74) is 2.85. The number of piperazine rings is 1. The predicted molar refractivity (Wildman–Crippen MR) is 131 cm³/mol. The highest BCUT2D eigenvalue weighted by Gasteiger charge is 2.36. The first kappa shape index (κ1) is 22.8. The molecule has 9 heteroatoms. The minimum absolute atomic E-state index is 0.0680. The third-order valence-electron chi connectivity index (χ3n) is 6.55. The first-order chi connectivity index (χ1) is 16.3. The van der Waals surface area contributed by atoms with Gasteiger partial charge in [0, 0.05) is 42.2 Å². The van der Waals surface area contributed by atoms with Crippen LogP contribution >= 0.6 is 11.6 Å². The summed E-state index contributed by atoms with van der Waals surface area (Å²) in [6.07, 6.45) is 0.386. The maximum Gasteiger partial charge on any atom is 0.254 e. The number of hydrogen-bond donors (Lipinski definition) is 0. The molecule has 0 spiro atoms. The van der Waals surface area contributed by atoms with Gasteiger partial charge >= 0.3 is 0 Å². The fraction of sp³-hybridized carbons (Fsp3) is 0.320. The molecule has 0 unspecified atom stereocenters. The van der Waals surface area contributed by atoms with E-state index in [2.05, 4.69) is 0 Å². The lowest BCUT2D eigenvalue weighted by Crippen LogP contribution is -2.52. The number of carbonyl (C=O) groups is 2. The Labute approximate surface area is 203 Å². The molecule has 0 bridgehead atoms. The van der Waals surface area contributed by atoms with Gasteiger partial charge in [0.15, 0.2) is 9.84 Å². The number of rotatable bonds is 3. The smallest absolute Gasteiger partial charge is 0.254 e. The SMILES string of the molecule is O=C(c1cc(-c2ccc(Cl)cc2)nc2ccccc12)N1CCN(C(=O)[C@@H]2CCS(=O)(=O)C2)CC1. The lowest BCUT2D eigenvalue weighted by Gasteiger charge is -2.36. The number of halogens is 1. The van der Waals surface area contributed by atoms with Crippen molar-refractivity contribution in [1.29, 1.82) is 0 Å². The van der Waals surface area contributed by atoms with E-state index in [4.69, 9.17) is 16.6 Å². The first-order valence-corrected chi connectivity index (χ1v) is 13.4. The van der Waals surface area contributed by atoms with E-state index in [0.717, 1.165) is 16.5 Å². The molecule has 2 fully saturated rings. The van der Waals surface area contributed by atoms with Crippen molar-refractivity contribution >= 4 is 44.2 Å². The third kappa shape index (κ3) is 4.52. The van der Waals surface area contributed by atoms with Crippen LogP contribution in [-0.2, 0) is 14.6 Å². The minimum Gasteiger partial charge on any atom is -0.339 e. The number of carbonyl (C=O) groups excluding carboxylic acids is 2. The average Bonchev–Trinajstić information content (AvgIpc) is 3.22. The van der Waals surface area contributed by atoms with Crippen LogP contribution in [0, 0.1) is 5.92 Å². The van der Waals surface area contributed by atoms with Crippen LogP contribution in [0.25, 0.3) is 22.2 Å².